The summed E-state index contributed by atoms with van der Waals surface area (Å²) < 4.78 is 29.8. The molecule has 2 aromatic carbocycles. The monoisotopic (exact) mass is 549 g/mol. The van der Waals surface area contributed by atoms with Gasteiger partial charge in [0, 0.05) is 43.7 Å². The van der Waals surface area contributed by atoms with E-state index in [1.54, 1.807) is 49.9 Å². The molecule has 206 valence electrons. The number of rotatable bonds is 10. The third kappa shape index (κ3) is 9.18. The van der Waals surface area contributed by atoms with Crippen LogP contribution in [0.25, 0.3) is 0 Å². The lowest BCUT2D eigenvalue weighted by atomic mass is 10.1. The third-order valence-electron chi connectivity index (χ3n) is 5.67. The maximum absolute atomic E-state index is 13.2. The van der Waals surface area contributed by atoms with Crippen LogP contribution >= 0.6 is 11.6 Å². The molecule has 0 saturated carbocycles. The van der Waals surface area contributed by atoms with Crippen molar-refractivity contribution in [2.75, 3.05) is 32.8 Å². The minimum atomic E-state index is -0.662. The van der Waals surface area contributed by atoms with Crippen LogP contribution in [0.4, 0.5) is 4.39 Å². The zero-order chi connectivity index (χ0) is 27.9. The van der Waals surface area contributed by atoms with Crippen LogP contribution in [0.2, 0.25) is 5.02 Å². The van der Waals surface area contributed by atoms with Gasteiger partial charge in [0.2, 0.25) is 5.91 Å². The Morgan fingerprint density at radius 2 is 1.71 bits per heavy atom. The van der Waals surface area contributed by atoms with E-state index in [9.17, 15) is 18.8 Å². The number of esters is 1. The van der Waals surface area contributed by atoms with Gasteiger partial charge in [-0.05, 0) is 50.6 Å². The van der Waals surface area contributed by atoms with Gasteiger partial charge in [-0.25, -0.2) is 9.18 Å². The van der Waals surface area contributed by atoms with E-state index in [-0.39, 0.29) is 42.9 Å². The van der Waals surface area contributed by atoms with Gasteiger partial charge in [0.05, 0.1) is 6.04 Å². The van der Waals surface area contributed by atoms with E-state index in [1.165, 1.54) is 18.2 Å². The summed E-state index contributed by atoms with van der Waals surface area (Å²) in [7, 11) is 0. The second-order valence-corrected chi connectivity index (χ2v) is 10.5. The highest BCUT2D eigenvalue weighted by Gasteiger charge is 2.32. The molecular weight excluding hydrogens is 517 g/mol. The van der Waals surface area contributed by atoms with Gasteiger partial charge < -0.3 is 24.8 Å². The van der Waals surface area contributed by atoms with E-state index in [4.69, 9.17) is 31.5 Å². The third-order valence-corrected chi connectivity index (χ3v) is 5.90. The minimum absolute atomic E-state index is 0.00312. The Labute approximate surface area is 226 Å². The Morgan fingerprint density at radius 3 is 2.37 bits per heavy atom. The number of nitrogens with zero attached hydrogens (tertiary/aromatic N) is 2. The highest BCUT2D eigenvalue weighted by Crippen LogP contribution is 2.31. The van der Waals surface area contributed by atoms with E-state index < -0.39 is 23.5 Å². The number of nitrogens with two attached hydrogens (primary N) is 1. The highest BCUT2D eigenvalue weighted by molar-refractivity contribution is 6.30. The summed E-state index contributed by atoms with van der Waals surface area (Å²) in [5.41, 5.74) is 5.72. The summed E-state index contributed by atoms with van der Waals surface area (Å²) in [6.07, 6.45) is -0.00312. The molecule has 0 unspecified atom stereocenters. The van der Waals surface area contributed by atoms with Gasteiger partial charge in [-0.2, -0.15) is 0 Å². The lowest BCUT2D eigenvalue weighted by Crippen LogP contribution is -2.56. The van der Waals surface area contributed by atoms with E-state index in [0.29, 0.717) is 31.2 Å². The van der Waals surface area contributed by atoms with Crippen LogP contribution < -0.4 is 15.2 Å². The Kier molecular flexibility index (Phi) is 9.93. The van der Waals surface area contributed by atoms with Crippen molar-refractivity contribution in [2.45, 2.75) is 45.4 Å². The minimum Gasteiger partial charge on any atom is -0.480 e. The number of halogens is 2. The van der Waals surface area contributed by atoms with Crippen molar-refractivity contribution in [1.82, 2.24) is 9.80 Å². The second-order valence-electron chi connectivity index (χ2n) is 10.0. The fourth-order valence-corrected chi connectivity index (χ4v) is 4.25. The summed E-state index contributed by atoms with van der Waals surface area (Å²) in [5.74, 6) is -1.30. The molecule has 1 heterocycles. The van der Waals surface area contributed by atoms with Crippen molar-refractivity contribution in [2.24, 2.45) is 5.73 Å². The van der Waals surface area contributed by atoms with Gasteiger partial charge in [0.1, 0.15) is 11.4 Å². The van der Waals surface area contributed by atoms with Crippen LogP contribution in [0.5, 0.6) is 11.5 Å². The molecule has 0 aliphatic carbocycles. The van der Waals surface area contributed by atoms with E-state index in [1.807, 2.05) is 0 Å². The number of benzene rings is 2. The topological polar surface area (TPSA) is 111 Å². The number of ether oxygens (including phenoxy) is 3. The summed E-state index contributed by atoms with van der Waals surface area (Å²) >= 11 is 6.08. The predicted molar refractivity (Wildman–Crippen MR) is 139 cm³/mol. The number of piperazine rings is 1. The summed E-state index contributed by atoms with van der Waals surface area (Å²) in [5, 5.41) is 0.363. The fraction of sp³-hybridized carbons (Fsp3) is 0.444. The van der Waals surface area contributed by atoms with Gasteiger partial charge in [0.25, 0.3) is 5.91 Å². The first-order chi connectivity index (χ1) is 17.9. The Balaban J connectivity index is 1.62. The van der Waals surface area contributed by atoms with E-state index >= 15 is 0 Å². The molecule has 0 radical (unpaired) electrons. The first-order valence-corrected chi connectivity index (χ1v) is 12.6. The Bertz CT molecular complexity index is 1140. The second kappa shape index (κ2) is 12.9. The SMILES string of the molecule is CC(C)(C)OC(=O)COc1cc(Cl)ccc1OCC(=O)N1CCN(Cc2ccc(F)cc2)C[C@H]1CC(N)=O. The average molecular weight is 550 g/mol. The standard InChI is InChI=1S/C27H33ClFN3O6/c1-27(2,3)38-26(35)17-37-23-12-19(28)6-9-22(23)36-16-25(34)32-11-10-31(15-21(32)13-24(30)33)14-18-4-7-20(29)8-5-18/h4-9,12,21H,10-11,13-17H2,1-3H3,(H2,30,33)/t21-/m1/s1. The van der Waals surface area contributed by atoms with Crippen LogP contribution in [-0.2, 0) is 25.7 Å². The van der Waals surface area contributed by atoms with E-state index in [0.717, 1.165) is 5.56 Å². The van der Waals surface area contributed by atoms with Crippen molar-refractivity contribution >= 4 is 29.4 Å². The van der Waals surface area contributed by atoms with Crippen LogP contribution in [0.1, 0.15) is 32.8 Å². The first-order valence-electron chi connectivity index (χ1n) is 12.2. The fourth-order valence-electron chi connectivity index (χ4n) is 4.09. The van der Waals surface area contributed by atoms with Gasteiger partial charge >= 0.3 is 5.97 Å². The molecule has 1 saturated heterocycles. The molecule has 1 atom stereocenters. The van der Waals surface area contributed by atoms with Crippen molar-refractivity contribution < 1.29 is 33.0 Å². The maximum Gasteiger partial charge on any atom is 0.344 e. The van der Waals surface area contributed by atoms with Crippen LogP contribution in [0.15, 0.2) is 42.5 Å². The molecule has 0 aromatic heterocycles. The zero-order valence-electron chi connectivity index (χ0n) is 21.7. The molecular formula is C27H33ClFN3O6. The molecule has 1 aliphatic rings. The van der Waals surface area contributed by atoms with Crippen molar-refractivity contribution in [3.8, 4) is 11.5 Å². The number of hydrogen-bond acceptors (Lipinski definition) is 7. The molecule has 2 amide bonds. The largest absolute Gasteiger partial charge is 0.480 e. The lowest BCUT2D eigenvalue weighted by molar-refractivity contribution is -0.157. The van der Waals surface area contributed by atoms with Crippen LogP contribution in [0.3, 0.4) is 0 Å². The maximum atomic E-state index is 13.2. The molecule has 2 aromatic rings. The van der Waals surface area contributed by atoms with Gasteiger partial charge in [-0.15, -0.1) is 0 Å². The number of hydrogen-bond donors (Lipinski definition) is 1. The summed E-state index contributed by atoms with van der Waals surface area (Å²) in [6, 6.07) is 10.4. The van der Waals surface area contributed by atoms with Crippen LogP contribution in [0, 0.1) is 5.82 Å². The number of primary amides is 1. The Morgan fingerprint density at radius 1 is 1.03 bits per heavy atom. The predicted octanol–water partition coefficient (Wildman–Crippen LogP) is 3.17. The molecule has 11 heteroatoms. The molecule has 0 bridgehead atoms. The van der Waals surface area contributed by atoms with Gasteiger partial charge in [-0.3, -0.25) is 14.5 Å². The molecule has 9 nitrogen and oxygen atoms in total. The Hall–Kier alpha value is -3.37. The summed E-state index contributed by atoms with van der Waals surface area (Å²) in [6.45, 7) is 6.47. The van der Waals surface area contributed by atoms with Crippen molar-refractivity contribution in [3.63, 3.8) is 0 Å². The van der Waals surface area contributed by atoms with Crippen molar-refractivity contribution in [3.05, 3.63) is 58.9 Å². The van der Waals surface area contributed by atoms with E-state index in [2.05, 4.69) is 4.90 Å². The molecule has 1 aliphatic heterocycles. The molecule has 3 rings (SSSR count). The van der Waals surface area contributed by atoms with Gasteiger partial charge in [0.15, 0.2) is 24.7 Å². The first kappa shape index (κ1) is 29.2. The number of carbonyl (C=O) groups is 3. The lowest BCUT2D eigenvalue weighted by Gasteiger charge is -2.41. The quantitative estimate of drug-likeness (QED) is 0.453. The summed E-state index contributed by atoms with van der Waals surface area (Å²) in [4.78, 5) is 40.6. The molecule has 0 spiro atoms. The van der Waals surface area contributed by atoms with Crippen LogP contribution in [-0.4, -0.2) is 72.1 Å². The molecule has 38 heavy (non-hydrogen) atoms. The molecule has 1 fully saturated rings. The highest BCUT2D eigenvalue weighted by atomic mass is 35.5. The number of amides is 2. The smallest absolute Gasteiger partial charge is 0.344 e. The zero-order valence-corrected chi connectivity index (χ0v) is 22.5. The normalized spacial score (nSPS) is 16.1. The van der Waals surface area contributed by atoms with Gasteiger partial charge in [-0.1, -0.05) is 23.7 Å². The average Bonchev–Trinajstić information content (AvgIpc) is 2.82. The molecule has 2 N–H and O–H groups in total. The van der Waals surface area contributed by atoms with Crippen molar-refractivity contribution in [1.29, 1.82) is 0 Å². The number of carbonyl (C=O) groups excluding carboxylic acids is 3.